The normalized spacial score (nSPS) is 22.8. The standard InChI is InChI=1S/C19H20N6O/c26-19-14-6-7-15(25(19)8-13-4-2-1-3-5-13)10-24(9-14)18-16-17(21-11-20-16)22-12-23-18/h1-5,11-12,14-15H,6-10H2,(H,20,21,22,23)/t14-,15+/m0/s1. The highest BCUT2D eigenvalue weighted by Crippen LogP contribution is 2.33. The van der Waals surface area contributed by atoms with Crippen LogP contribution in [0.1, 0.15) is 18.4 Å². The van der Waals surface area contributed by atoms with Crippen molar-refractivity contribution < 1.29 is 4.79 Å². The first-order chi connectivity index (χ1) is 12.8. The number of piperidine rings is 1. The number of hydrogen-bond donors (Lipinski definition) is 1. The van der Waals surface area contributed by atoms with E-state index in [9.17, 15) is 4.79 Å². The molecule has 7 nitrogen and oxygen atoms in total. The number of carbonyl (C=O) groups is 1. The highest BCUT2D eigenvalue weighted by atomic mass is 16.2. The van der Waals surface area contributed by atoms with Crippen molar-refractivity contribution in [3.05, 3.63) is 48.5 Å². The van der Waals surface area contributed by atoms with Crippen molar-refractivity contribution in [1.29, 1.82) is 0 Å². The maximum absolute atomic E-state index is 13.0. The van der Waals surface area contributed by atoms with Crippen molar-refractivity contribution in [3.8, 4) is 0 Å². The smallest absolute Gasteiger partial charge is 0.228 e. The van der Waals surface area contributed by atoms with Gasteiger partial charge in [-0.2, -0.15) is 0 Å². The maximum atomic E-state index is 13.0. The molecule has 0 spiro atoms. The number of amides is 1. The molecule has 1 aromatic carbocycles. The lowest BCUT2D eigenvalue weighted by Gasteiger charge is -2.36. The molecular weight excluding hydrogens is 328 g/mol. The number of aromatic nitrogens is 4. The van der Waals surface area contributed by atoms with E-state index in [-0.39, 0.29) is 17.9 Å². The maximum Gasteiger partial charge on any atom is 0.228 e. The summed E-state index contributed by atoms with van der Waals surface area (Å²) in [5.74, 6) is 1.13. The minimum Gasteiger partial charge on any atom is -0.352 e. The van der Waals surface area contributed by atoms with E-state index >= 15 is 0 Å². The topological polar surface area (TPSA) is 78.0 Å². The van der Waals surface area contributed by atoms with Crippen LogP contribution in [-0.2, 0) is 11.3 Å². The number of hydrogen-bond acceptors (Lipinski definition) is 5. The lowest BCUT2D eigenvalue weighted by atomic mass is 9.93. The monoisotopic (exact) mass is 348 g/mol. The Hall–Kier alpha value is -2.96. The molecule has 0 saturated carbocycles. The van der Waals surface area contributed by atoms with Gasteiger partial charge in [0.25, 0.3) is 0 Å². The van der Waals surface area contributed by atoms with Crippen LogP contribution in [0.3, 0.4) is 0 Å². The molecule has 1 N–H and O–H groups in total. The Labute approximate surface area is 151 Å². The highest BCUT2D eigenvalue weighted by molar-refractivity contribution is 5.85. The summed E-state index contributed by atoms with van der Waals surface area (Å²) in [4.78, 5) is 33.4. The van der Waals surface area contributed by atoms with Crippen LogP contribution in [0, 0.1) is 5.92 Å². The molecular formula is C19H20N6O. The van der Waals surface area contributed by atoms with Crippen molar-refractivity contribution in [2.24, 2.45) is 5.92 Å². The first-order valence-corrected chi connectivity index (χ1v) is 9.03. The molecule has 3 fully saturated rings. The van der Waals surface area contributed by atoms with E-state index in [1.807, 2.05) is 18.2 Å². The second-order valence-corrected chi connectivity index (χ2v) is 7.08. The van der Waals surface area contributed by atoms with Gasteiger partial charge in [0.1, 0.15) is 11.8 Å². The van der Waals surface area contributed by atoms with Gasteiger partial charge in [-0.1, -0.05) is 30.3 Å². The zero-order chi connectivity index (χ0) is 17.5. The lowest BCUT2D eigenvalue weighted by molar-refractivity contribution is -0.140. The number of carbonyl (C=O) groups excluding carboxylic acids is 1. The van der Waals surface area contributed by atoms with Crippen LogP contribution in [0.4, 0.5) is 5.82 Å². The molecule has 26 heavy (non-hydrogen) atoms. The van der Waals surface area contributed by atoms with Gasteiger partial charge in [-0.05, 0) is 18.4 Å². The molecule has 6 rings (SSSR count). The number of rotatable bonds is 3. The number of fused-ring (bicyclic) bond motifs is 5. The minimum atomic E-state index is 0.0189. The molecule has 3 aromatic rings. The number of benzene rings is 1. The first-order valence-electron chi connectivity index (χ1n) is 9.03. The van der Waals surface area contributed by atoms with E-state index < -0.39 is 0 Å². The summed E-state index contributed by atoms with van der Waals surface area (Å²) in [6, 6.07) is 10.4. The summed E-state index contributed by atoms with van der Waals surface area (Å²) in [5, 5.41) is 0. The van der Waals surface area contributed by atoms with Gasteiger partial charge in [0, 0.05) is 25.7 Å². The van der Waals surface area contributed by atoms with Crippen LogP contribution in [0.25, 0.3) is 11.2 Å². The summed E-state index contributed by atoms with van der Waals surface area (Å²) in [6.07, 6.45) is 5.18. The third-order valence-electron chi connectivity index (χ3n) is 5.49. The number of nitrogens with one attached hydrogen (secondary N) is 1. The average Bonchev–Trinajstić information content (AvgIpc) is 3.00. The molecule has 0 aliphatic carbocycles. The molecule has 3 saturated heterocycles. The molecule has 3 aliphatic heterocycles. The van der Waals surface area contributed by atoms with Gasteiger partial charge in [-0.25, -0.2) is 15.0 Å². The van der Waals surface area contributed by atoms with E-state index in [1.165, 1.54) is 5.56 Å². The number of anilines is 1. The lowest BCUT2D eigenvalue weighted by Crippen LogP contribution is -2.47. The average molecular weight is 348 g/mol. The third kappa shape index (κ3) is 2.51. The molecule has 2 atom stereocenters. The Morgan fingerprint density at radius 1 is 1.08 bits per heavy atom. The molecule has 0 radical (unpaired) electrons. The van der Waals surface area contributed by atoms with Crippen LogP contribution < -0.4 is 4.90 Å². The van der Waals surface area contributed by atoms with Gasteiger partial charge in [-0.15, -0.1) is 0 Å². The van der Waals surface area contributed by atoms with E-state index in [4.69, 9.17) is 0 Å². The van der Waals surface area contributed by atoms with E-state index in [1.54, 1.807) is 12.7 Å². The Balaban J connectivity index is 1.46. The molecule has 1 amide bonds. The van der Waals surface area contributed by atoms with Gasteiger partial charge in [0.15, 0.2) is 11.5 Å². The quantitative estimate of drug-likeness (QED) is 0.783. The fourth-order valence-corrected chi connectivity index (χ4v) is 4.19. The summed E-state index contributed by atoms with van der Waals surface area (Å²) in [5.41, 5.74) is 2.69. The van der Waals surface area contributed by atoms with Crippen molar-refractivity contribution in [2.45, 2.75) is 25.4 Å². The summed E-state index contributed by atoms with van der Waals surface area (Å²) >= 11 is 0. The zero-order valence-electron chi connectivity index (χ0n) is 14.4. The molecule has 3 aliphatic rings. The fraction of sp³-hybridized carbons (Fsp3) is 0.368. The molecule has 7 heteroatoms. The van der Waals surface area contributed by atoms with Crippen LogP contribution in [-0.4, -0.2) is 49.9 Å². The highest BCUT2D eigenvalue weighted by Gasteiger charge is 2.41. The fourth-order valence-electron chi connectivity index (χ4n) is 4.19. The Morgan fingerprint density at radius 3 is 2.85 bits per heavy atom. The Morgan fingerprint density at radius 2 is 1.96 bits per heavy atom. The van der Waals surface area contributed by atoms with Crippen LogP contribution in [0.5, 0.6) is 0 Å². The molecule has 5 heterocycles. The molecule has 0 unspecified atom stereocenters. The van der Waals surface area contributed by atoms with Crippen molar-refractivity contribution in [2.75, 3.05) is 18.0 Å². The first kappa shape index (κ1) is 15.3. The number of imidazole rings is 1. The van der Waals surface area contributed by atoms with Gasteiger partial charge in [-0.3, -0.25) is 4.79 Å². The van der Waals surface area contributed by atoms with E-state index in [0.29, 0.717) is 18.7 Å². The van der Waals surface area contributed by atoms with Gasteiger partial charge >= 0.3 is 0 Å². The predicted octanol–water partition coefficient (Wildman–Crippen LogP) is 1.98. The SMILES string of the molecule is O=C1[C@H]2CC[C@H](CN(c3ncnc4nc[nH]c34)C2)N1Cc1ccccc1. The van der Waals surface area contributed by atoms with Crippen molar-refractivity contribution in [1.82, 2.24) is 24.8 Å². The van der Waals surface area contributed by atoms with Crippen molar-refractivity contribution >= 4 is 22.9 Å². The predicted molar refractivity (Wildman–Crippen MR) is 97.4 cm³/mol. The number of H-pyrrole nitrogens is 1. The third-order valence-corrected chi connectivity index (χ3v) is 5.49. The Bertz CT molecular complexity index is 939. The Kier molecular flexibility index (Phi) is 3.58. The number of nitrogens with zero attached hydrogens (tertiary/aromatic N) is 5. The second kappa shape index (κ2) is 6.09. The zero-order valence-corrected chi connectivity index (χ0v) is 14.4. The van der Waals surface area contributed by atoms with Gasteiger partial charge in [0.05, 0.1) is 12.2 Å². The summed E-state index contributed by atoms with van der Waals surface area (Å²) < 4.78 is 0. The molecule has 2 bridgehead atoms. The van der Waals surface area contributed by atoms with E-state index in [0.717, 1.165) is 30.7 Å². The van der Waals surface area contributed by atoms with Crippen molar-refractivity contribution in [3.63, 3.8) is 0 Å². The van der Waals surface area contributed by atoms with Crippen LogP contribution in [0.2, 0.25) is 0 Å². The van der Waals surface area contributed by atoms with Gasteiger partial charge < -0.3 is 14.8 Å². The van der Waals surface area contributed by atoms with Crippen LogP contribution in [0.15, 0.2) is 43.0 Å². The largest absolute Gasteiger partial charge is 0.352 e. The second-order valence-electron chi connectivity index (χ2n) is 7.08. The molecule has 2 aromatic heterocycles. The van der Waals surface area contributed by atoms with Crippen LogP contribution >= 0.6 is 0 Å². The molecule has 132 valence electrons. The van der Waals surface area contributed by atoms with Gasteiger partial charge in [0.2, 0.25) is 5.91 Å². The summed E-state index contributed by atoms with van der Waals surface area (Å²) in [6.45, 7) is 2.17. The van der Waals surface area contributed by atoms with E-state index in [2.05, 4.69) is 41.9 Å². The summed E-state index contributed by atoms with van der Waals surface area (Å²) in [7, 11) is 0. The minimum absolute atomic E-state index is 0.0189. The number of aromatic amines is 1.